The third kappa shape index (κ3) is 9.33. The Morgan fingerprint density at radius 3 is 2.39 bits per heavy atom. The summed E-state index contributed by atoms with van der Waals surface area (Å²) in [5, 5.41) is 2.82. The maximum atomic E-state index is 14.5. The first-order chi connectivity index (χ1) is 23.2. The second kappa shape index (κ2) is 14.6. The molecule has 0 unspecified atom stereocenters. The van der Waals surface area contributed by atoms with Crippen LogP contribution in [0.2, 0.25) is 0 Å². The molecule has 1 saturated heterocycles. The first kappa shape index (κ1) is 35.3. The van der Waals surface area contributed by atoms with Gasteiger partial charge in [0.15, 0.2) is 0 Å². The van der Waals surface area contributed by atoms with Gasteiger partial charge in [0.1, 0.15) is 35.0 Å². The molecule has 3 amide bonds. The topological polar surface area (TPSA) is 118 Å². The summed E-state index contributed by atoms with van der Waals surface area (Å²) in [5.41, 5.74) is -0.350. The summed E-state index contributed by atoms with van der Waals surface area (Å²) in [6.45, 7) is 11.6. The van der Waals surface area contributed by atoms with Crippen molar-refractivity contribution in [1.82, 2.24) is 29.5 Å². The SMILES string of the molecule is CC(C)(C)OC(=O)N[C@H](C(=O)N1C[C@@H](Oc2ccccc2)C[C@H]1CN(CCc1ccc(F)cc1)C(=O)c1cn2cccnc2n1)C(C)(C)C. The molecule has 49 heavy (non-hydrogen) atoms. The minimum Gasteiger partial charge on any atom is -0.489 e. The standard InChI is InChI=1S/C37H45FN6O5/c1-36(2,3)31(41-35(47)49-37(4,5)6)33(46)44-23-29(48-28-11-8-7-9-12-28)21-27(44)22-42(20-17-25-13-15-26(38)16-14-25)32(45)30-24-43-19-10-18-39-34(43)40-30/h7-16,18-19,24,27,29,31H,17,20-23H2,1-6H3,(H,41,47)/t27-,29-,31+/m0/s1. The van der Waals surface area contributed by atoms with Gasteiger partial charge in [0, 0.05) is 38.1 Å². The molecule has 1 fully saturated rings. The molecule has 0 spiro atoms. The number of halogens is 1. The fourth-order valence-electron chi connectivity index (χ4n) is 5.87. The molecule has 3 atom stereocenters. The molecule has 1 N–H and O–H groups in total. The number of alkyl carbamates (subject to hydrolysis) is 1. The zero-order valence-corrected chi connectivity index (χ0v) is 28.9. The van der Waals surface area contributed by atoms with Crippen molar-refractivity contribution in [3.63, 3.8) is 0 Å². The van der Waals surface area contributed by atoms with Crippen molar-refractivity contribution in [2.24, 2.45) is 5.41 Å². The van der Waals surface area contributed by atoms with Gasteiger partial charge < -0.3 is 24.6 Å². The Morgan fingerprint density at radius 2 is 1.73 bits per heavy atom. The van der Waals surface area contributed by atoms with Gasteiger partial charge in [-0.2, -0.15) is 0 Å². The zero-order chi connectivity index (χ0) is 35.3. The van der Waals surface area contributed by atoms with Crippen LogP contribution in [0, 0.1) is 11.2 Å². The van der Waals surface area contributed by atoms with Gasteiger partial charge in [-0.1, -0.05) is 51.1 Å². The molecular formula is C37H45FN6O5. The summed E-state index contributed by atoms with van der Waals surface area (Å²) in [4.78, 5) is 53.7. The van der Waals surface area contributed by atoms with Gasteiger partial charge in [-0.25, -0.2) is 19.2 Å². The number of carbonyl (C=O) groups excluding carboxylic acids is 3. The molecule has 0 aliphatic carbocycles. The highest BCUT2D eigenvalue weighted by atomic mass is 19.1. The second-order valence-corrected chi connectivity index (χ2v) is 14.5. The molecule has 1 aliphatic rings. The van der Waals surface area contributed by atoms with Crippen molar-refractivity contribution >= 4 is 23.7 Å². The smallest absolute Gasteiger partial charge is 0.408 e. The van der Waals surface area contributed by atoms with Crippen LogP contribution >= 0.6 is 0 Å². The Kier molecular flexibility index (Phi) is 10.5. The molecule has 0 saturated carbocycles. The average molecular weight is 673 g/mol. The normalized spacial score (nSPS) is 17.1. The van der Waals surface area contributed by atoms with Gasteiger partial charge in [0.25, 0.3) is 5.91 Å². The first-order valence-electron chi connectivity index (χ1n) is 16.5. The third-order valence-corrected chi connectivity index (χ3v) is 8.24. The Balaban J connectivity index is 1.45. The van der Waals surface area contributed by atoms with Crippen LogP contribution in [-0.2, 0) is 16.0 Å². The molecule has 260 valence electrons. The average Bonchev–Trinajstić information content (AvgIpc) is 3.65. The largest absolute Gasteiger partial charge is 0.489 e. The molecule has 2 aromatic heterocycles. The fraction of sp³-hybridized carbons (Fsp3) is 0.432. The zero-order valence-electron chi connectivity index (χ0n) is 28.9. The van der Waals surface area contributed by atoms with E-state index < -0.39 is 29.2 Å². The van der Waals surface area contributed by atoms with Crippen LogP contribution in [-0.4, -0.2) is 85.5 Å². The molecule has 2 aromatic carbocycles. The molecule has 12 heteroatoms. The lowest BCUT2D eigenvalue weighted by molar-refractivity contribution is -0.137. The molecule has 5 rings (SSSR count). The van der Waals surface area contributed by atoms with E-state index in [0.717, 1.165) is 5.56 Å². The van der Waals surface area contributed by atoms with Crippen LogP contribution in [0.3, 0.4) is 0 Å². The first-order valence-corrected chi connectivity index (χ1v) is 16.5. The molecule has 4 aromatic rings. The van der Waals surface area contributed by atoms with E-state index in [2.05, 4.69) is 15.3 Å². The van der Waals surface area contributed by atoms with E-state index in [0.29, 0.717) is 24.4 Å². The quantitative estimate of drug-likeness (QED) is 0.235. The number of fused-ring (bicyclic) bond motifs is 1. The van der Waals surface area contributed by atoms with Gasteiger partial charge >= 0.3 is 6.09 Å². The van der Waals surface area contributed by atoms with Gasteiger partial charge in [0.2, 0.25) is 11.7 Å². The van der Waals surface area contributed by atoms with E-state index in [-0.39, 0.29) is 49.1 Å². The van der Waals surface area contributed by atoms with Crippen molar-refractivity contribution in [2.45, 2.75) is 78.2 Å². The van der Waals surface area contributed by atoms with E-state index in [4.69, 9.17) is 9.47 Å². The highest BCUT2D eigenvalue weighted by molar-refractivity contribution is 5.93. The van der Waals surface area contributed by atoms with Gasteiger partial charge in [-0.05, 0) is 68.5 Å². The van der Waals surface area contributed by atoms with Crippen LogP contribution in [0.1, 0.15) is 64.0 Å². The highest BCUT2D eigenvalue weighted by Crippen LogP contribution is 2.29. The number of carbonyl (C=O) groups is 3. The number of hydrogen-bond donors (Lipinski definition) is 1. The van der Waals surface area contributed by atoms with Gasteiger partial charge in [-0.15, -0.1) is 0 Å². The van der Waals surface area contributed by atoms with E-state index in [1.54, 1.807) is 71.8 Å². The third-order valence-electron chi connectivity index (χ3n) is 8.24. The fourth-order valence-corrected chi connectivity index (χ4v) is 5.87. The Bertz CT molecular complexity index is 1720. The van der Waals surface area contributed by atoms with E-state index in [1.165, 1.54) is 12.1 Å². The van der Waals surface area contributed by atoms with E-state index >= 15 is 0 Å². The Labute approximate surface area is 286 Å². The summed E-state index contributed by atoms with van der Waals surface area (Å²) in [7, 11) is 0. The number of amides is 3. The van der Waals surface area contributed by atoms with Crippen LogP contribution < -0.4 is 10.1 Å². The second-order valence-electron chi connectivity index (χ2n) is 14.5. The lowest BCUT2D eigenvalue weighted by Crippen LogP contribution is -2.57. The number of imidazole rings is 1. The molecule has 0 radical (unpaired) electrons. The summed E-state index contributed by atoms with van der Waals surface area (Å²) < 4.78 is 27.2. The minimum absolute atomic E-state index is 0.172. The number of benzene rings is 2. The number of nitrogens with zero attached hydrogens (tertiary/aromatic N) is 5. The van der Waals surface area contributed by atoms with Crippen molar-refractivity contribution in [1.29, 1.82) is 0 Å². The number of rotatable bonds is 10. The van der Waals surface area contributed by atoms with Crippen LogP contribution in [0.15, 0.2) is 79.3 Å². The maximum Gasteiger partial charge on any atom is 0.408 e. The molecular weight excluding hydrogens is 627 g/mol. The van der Waals surface area contributed by atoms with Crippen molar-refractivity contribution in [3.8, 4) is 5.75 Å². The highest BCUT2D eigenvalue weighted by Gasteiger charge is 2.44. The van der Waals surface area contributed by atoms with Gasteiger partial charge in [0.05, 0.1) is 12.6 Å². The van der Waals surface area contributed by atoms with Crippen molar-refractivity contribution in [2.75, 3.05) is 19.6 Å². The van der Waals surface area contributed by atoms with Crippen molar-refractivity contribution < 1.29 is 28.2 Å². The molecule has 1 aliphatic heterocycles. The predicted molar refractivity (Wildman–Crippen MR) is 183 cm³/mol. The summed E-state index contributed by atoms with van der Waals surface area (Å²) >= 11 is 0. The Morgan fingerprint density at radius 1 is 1.02 bits per heavy atom. The number of ether oxygens (including phenoxy) is 2. The van der Waals surface area contributed by atoms with E-state index in [9.17, 15) is 18.8 Å². The van der Waals surface area contributed by atoms with Crippen LogP contribution in [0.4, 0.5) is 9.18 Å². The minimum atomic E-state index is -0.923. The lowest BCUT2D eigenvalue weighted by atomic mass is 9.85. The summed E-state index contributed by atoms with van der Waals surface area (Å²) in [6.07, 6.45) is 4.84. The monoisotopic (exact) mass is 672 g/mol. The molecule has 3 heterocycles. The number of aromatic nitrogens is 3. The van der Waals surface area contributed by atoms with Crippen LogP contribution in [0.5, 0.6) is 5.75 Å². The number of para-hydroxylation sites is 1. The van der Waals surface area contributed by atoms with Gasteiger partial charge in [-0.3, -0.25) is 14.0 Å². The number of likely N-dealkylation sites (tertiary alicyclic amines) is 1. The summed E-state index contributed by atoms with van der Waals surface area (Å²) in [6, 6.07) is 15.9. The number of hydrogen-bond acceptors (Lipinski definition) is 7. The summed E-state index contributed by atoms with van der Waals surface area (Å²) in [5.74, 6) is 0.0877. The van der Waals surface area contributed by atoms with E-state index in [1.807, 2.05) is 51.1 Å². The van der Waals surface area contributed by atoms with Crippen LogP contribution in [0.25, 0.3) is 5.78 Å². The molecule has 11 nitrogen and oxygen atoms in total. The molecule has 0 bridgehead atoms. The number of nitrogens with one attached hydrogen (secondary N) is 1. The van der Waals surface area contributed by atoms with Crippen molar-refractivity contribution in [3.05, 3.63) is 96.3 Å². The Hall–Kier alpha value is -5.00. The lowest BCUT2D eigenvalue weighted by Gasteiger charge is -2.37. The maximum absolute atomic E-state index is 14.5. The predicted octanol–water partition coefficient (Wildman–Crippen LogP) is 5.54.